The molecule has 3 heteroatoms. The molecule has 0 fully saturated rings. The van der Waals surface area contributed by atoms with Crippen LogP contribution < -0.4 is 5.32 Å². The van der Waals surface area contributed by atoms with E-state index in [0.29, 0.717) is 5.92 Å². The summed E-state index contributed by atoms with van der Waals surface area (Å²) in [6.07, 6.45) is 4.11. The van der Waals surface area contributed by atoms with Crippen molar-refractivity contribution < 1.29 is 0 Å². The molecule has 1 aromatic heterocycles. The van der Waals surface area contributed by atoms with Gasteiger partial charge in [0.2, 0.25) is 0 Å². The Balaban J connectivity index is 2.03. The van der Waals surface area contributed by atoms with Crippen molar-refractivity contribution in [3.05, 3.63) is 52.3 Å². The van der Waals surface area contributed by atoms with Crippen LogP contribution in [0.15, 0.2) is 24.5 Å². The van der Waals surface area contributed by atoms with Crippen molar-refractivity contribution >= 4 is 0 Å². The van der Waals surface area contributed by atoms with Crippen molar-refractivity contribution in [3.8, 4) is 0 Å². The van der Waals surface area contributed by atoms with E-state index in [9.17, 15) is 0 Å². The number of nitrogens with one attached hydrogen (secondary N) is 1. The van der Waals surface area contributed by atoms with E-state index in [4.69, 9.17) is 0 Å². The summed E-state index contributed by atoms with van der Waals surface area (Å²) in [7, 11) is 0. The van der Waals surface area contributed by atoms with Gasteiger partial charge < -0.3 is 5.32 Å². The molecule has 0 aliphatic carbocycles. The van der Waals surface area contributed by atoms with Crippen LogP contribution in [-0.4, -0.2) is 16.3 Å². The molecule has 0 amide bonds. The van der Waals surface area contributed by atoms with Crippen molar-refractivity contribution in [1.29, 1.82) is 0 Å². The Morgan fingerprint density at radius 3 is 2.43 bits per heavy atom. The van der Waals surface area contributed by atoms with Crippen LogP contribution >= 0.6 is 0 Å². The lowest BCUT2D eigenvalue weighted by atomic mass is 10.00. The molecule has 21 heavy (non-hydrogen) atoms. The van der Waals surface area contributed by atoms with Gasteiger partial charge in [-0.05, 0) is 49.9 Å². The summed E-state index contributed by atoms with van der Waals surface area (Å²) in [6, 6.07) is 4.49. The lowest BCUT2D eigenvalue weighted by Crippen LogP contribution is -2.18. The molecule has 0 saturated heterocycles. The molecule has 3 nitrogen and oxygen atoms in total. The Bertz CT molecular complexity index is 573. The van der Waals surface area contributed by atoms with Gasteiger partial charge in [0.1, 0.15) is 0 Å². The number of aryl methyl sites for hydroxylation is 3. The van der Waals surface area contributed by atoms with Gasteiger partial charge in [-0.2, -0.15) is 5.10 Å². The van der Waals surface area contributed by atoms with E-state index in [1.807, 2.05) is 10.9 Å². The predicted octanol–water partition coefficient (Wildman–Crippen LogP) is 3.60. The second-order valence-electron chi connectivity index (χ2n) is 6.45. The van der Waals surface area contributed by atoms with Crippen LogP contribution in [0, 0.1) is 26.7 Å². The summed E-state index contributed by atoms with van der Waals surface area (Å²) >= 11 is 0. The van der Waals surface area contributed by atoms with Crippen LogP contribution in [-0.2, 0) is 13.1 Å². The van der Waals surface area contributed by atoms with Crippen molar-refractivity contribution in [2.24, 2.45) is 5.92 Å². The first-order valence-electron chi connectivity index (χ1n) is 7.74. The summed E-state index contributed by atoms with van der Waals surface area (Å²) in [5.41, 5.74) is 6.65. The molecule has 0 radical (unpaired) electrons. The lowest BCUT2D eigenvalue weighted by Gasteiger charge is -2.11. The van der Waals surface area contributed by atoms with Gasteiger partial charge in [-0.15, -0.1) is 0 Å². The highest BCUT2D eigenvalue weighted by Gasteiger charge is 2.06. The average Bonchev–Trinajstić information content (AvgIpc) is 2.81. The first-order chi connectivity index (χ1) is 9.95. The van der Waals surface area contributed by atoms with E-state index in [-0.39, 0.29) is 0 Å². The summed E-state index contributed by atoms with van der Waals surface area (Å²) in [5.74, 6) is 0.679. The Morgan fingerprint density at radius 1 is 1.14 bits per heavy atom. The zero-order valence-electron chi connectivity index (χ0n) is 13.9. The molecule has 2 rings (SSSR count). The number of rotatable bonds is 6. The monoisotopic (exact) mass is 285 g/mol. The third-order valence-electron chi connectivity index (χ3n) is 3.73. The van der Waals surface area contributed by atoms with Crippen LogP contribution in [0.3, 0.4) is 0 Å². The van der Waals surface area contributed by atoms with Gasteiger partial charge in [-0.25, -0.2) is 0 Å². The van der Waals surface area contributed by atoms with Crippen molar-refractivity contribution in [1.82, 2.24) is 15.1 Å². The molecule has 1 heterocycles. The maximum Gasteiger partial charge on any atom is 0.0664 e. The van der Waals surface area contributed by atoms with Crippen LogP contribution in [0.4, 0.5) is 0 Å². The molecule has 0 unspecified atom stereocenters. The van der Waals surface area contributed by atoms with Gasteiger partial charge in [0.05, 0.1) is 12.7 Å². The number of aromatic nitrogens is 2. The van der Waals surface area contributed by atoms with Gasteiger partial charge in [0, 0.05) is 18.3 Å². The summed E-state index contributed by atoms with van der Waals surface area (Å²) in [4.78, 5) is 0. The summed E-state index contributed by atoms with van der Waals surface area (Å²) in [6.45, 7) is 13.7. The Kier molecular flexibility index (Phi) is 5.18. The number of benzene rings is 1. The smallest absolute Gasteiger partial charge is 0.0664 e. The predicted molar refractivity (Wildman–Crippen MR) is 88.5 cm³/mol. The van der Waals surface area contributed by atoms with Crippen LogP contribution in [0.1, 0.15) is 41.7 Å². The largest absolute Gasteiger partial charge is 0.312 e. The number of hydrogen-bond donors (Lipinski definition) is 1. The number of hydrogen-bond acceptors (Lipinski definition) is 2. The fourth-order valence-electron chi connectivity index (χ4n) is 2.71. The topological polar surface area (TPSA) is 29.9 Å². The van der Waals surface area contributed by atoms with Gasteiger partial charge >= 0.3 is 0 Å². The zero-order chi connectivity index (χ0) is 15.4. The third kappa shape index (κ3) is 4.43. The van der Waals surface area contributed by atoms with E-state index >= 15 is 0 Å². The molecule has 2 aromatic rings. The molecule has 1 aromatic carbocycles. The van der Waals surface area contributed by atoms with Crippen molar-refractivity contribution in [3.63, 3.8) is 0 Å². The molecule has 114 valence electrons. The molecular weight excluding hydrogens is 258 g/mol. The molecule has 0 saturated carbocycles. The van der Waals surface area contributed by atoms with E-state index < -0.39 is 0 Å². The molecular formula is C18H27N3. The molecule has 0 aliphatic rings. The summed E-state index contributed by atoms with van der Waals surface area (Å²) in [5, 5.41) is 7.95. The van der Waals surface area contributed by atoms with E-state index in [1.54, 1.807) is 0 Å². The van der Waals surface area contributed by atoms with Crippen LogP contribution in [0.2, 0.25) is 0 Å². The first kappa shape index (κ1) is 15.8. The molecule has 0 atom stereocenters. The SMILES string of the molecule is Cc1cc(C)c(Cn2cc(CNCC(C)C)cn2)c(C)c1. The van der Waals surface area contributed by atoms with Gasteiger partial charge in [0.15, 0.2) is 0 Å². The second-order valence-corrected chi connectivity index (χ2v) is 6.45. The van der Waals surface area contributed by atoms with Crippen molar-refractivity contribution in [2.45, 2.75) is 47.7 Å². The zero-order valence-corrected chi connectivity index (χ0v) is 13.9. The maximum absolute atomic E-state index is 4.49. The highest BCUT2D eigenvalue weighted by molar-refractivity contribution is 5.37. The highest BCUT2D eigenvalue weighted by Crippen LogP contribution is 2.17. The minimum absolute atomic E-state index is 0.679. The molecule has 0 bridgehead atoms. The van der Waals surface area contributed by atoms with E-state index in [2.05, 4.69) is 63.4 Å². The standard InChI is InChI=1S/C18H27N3/c1-13(2)8-19-9-17-10-20-21(11-17)12-18-15(4)6-14(3)7-16(18)5/h6-7,10-11,13,19H,8-9,12H2,1-5H3. The van der Waals surface area contributed by atoms with Gasteiger partial charge in [-0.3, -0.25) is 4.68 Å². The van der Waals surface area contributed by atoms with Gasteiger partial charge in [-0.1, -0.05) is 31.5 Å². The second kappa shape index (κ2) is 6.90. The van der Waals surface area contributed by atoms with Crippen LogP contribution in [0.5, 0.6) is 0 Å². The molecule has 0 aliphatic heterocycles. The quantitative estimate of drug-likeness (QED) is 0.879. The van der Waals surface area contributed by atoms with Gasteiger partial charge in [0.25, 0.3) is 0 Å². The molecule has 1 N–H and O–H groups in total. The maximum atomic E-state index is 4.49. The Labute approximate surface area is 128 Å². The lowest BCUT2D eigenvalue weighted by molar-refractivity contribution is 0.552. The number of nitrogens with zero attached hydrogens (tertiary/aromatic N) is 2. The first-order valence-corrected chi connectivity index (χ1v) is 7.74. The summed E-state index contributed by atoms with van der Waals surface area (Å²) < 4.78 is 2.04. The third-order valence-corrected chi connectivity index (χ3v) is 3.73. The average molecular weight is 285 g/mol. The van der Waals surface area contributed by atoms with Crippen LogP contribution in [0.25, 0.3) is 0 Å². The van der Waals surface area contributed by atoms with E-state index in [1.165, 1.54) is 27.8 Å². The van der Waals surface area contributed by atoms with Crippen molar-refractivity contribution in [2.75, 3.05) is 6.54 Å². The normalized spacial score (nSPS) is 11.3. The highest BCUT2D eigenvalue weighted by atomic mass is 15.3. The Morgan fingerprint density at radius 2 is 1.81 bits per heavy atom. The fourth-order valence-corrected chi connectivity index (χ4v) is 2.71. The Hall–Kier alpha value is -1.61. The minimum Gasteiger partial charge on any atom is -0.312 e. The molecule has 0 spiro atoms. The van der Waals surface area contributed by atoms with E-state index in [0.717, 1.165) is 19.6 Å². The fraction of sp³-hybridized carbons (Fsp3) is 0.500. The minimum atomic E-state index is 0.679.